The number of pyridine rings is 1. The van der Waals surface area contributed by atoms with Crippen LogP contribution in [0.1, 0.15) is 32.6 Å². The number of aromatic nitrogens is 1. The summed E-state index contributed by atoms with van der Waals surface area (Å²) in [5.74, 6) is 5.62. The van der Waals surface area contributed by atoms with Crippen molar-refractivity contribution >= 4 is 17.4 Å². The van der Waals surface area contributed by atoms with Crippen molar-refractivity contribution < 1.29 is 18.0 Å². The number of anilines is 2. The number of hydrogen-bond donors (Lipinski definition) is 2. The average molecular weight is 494 g/mol. The van der Waals surface area contributed by atoms with Crippen LogP contribution in [0.3, 0.4) is 0 Å². The summed E-state index contributed by atoms with van der Waals surface area (Å²) in [5.41, 5.74) is 6.72. The van der Waals surface area contributed by atoms with Crippen molar-refractivity contribution in [2.24, 2.45) is 0 Å². The fraction of sp³-hybridized carbons (Fsp3) is 0.259. The molecule has 36 heavy (non-hydrogen) atoms. The predicted octanol–water partition coefficient (Wildman–Crippen LogP) is 4.08. The number of nitrogens with one attached hydrogen (secondary N) is 1. The van der Waals surface area contributed by atoms with Crippen LogP contribution in [-0.2, 0) is 12.7 Å². The number of rotatable bonds is 4. The van der Waals surface area contributed by atoms with Gasteiger partial charge in [0.1, 0.15) is 5.82 Å². The molecule has 0 unspecified atom stereocenters. The highest BCUT2D eigenvalue weighted by Crippen LogP contribution is 2.34. The topological polar surface area (TPSA) is 74.5 Å². The first-order chi connectivity index (χ1) is 17.2. The van der Waals surface area contributed by atoms with Gasteiger partial charge in [-0.15, -0.1) is 0 Å². The zero-order valence-electron chi connectivity index (χ0n) is 19.8. The van der Waals surface area contributed by atoms with Gasteiger partial charge in [0.2, 0.25) is 0 Å². The van der Waals surface area contributed by atoms with Crippen LogP contribution < -0.4 is 11.1 Å². The molecular formula is C27H26F3N5O. The minimum absolute atomic E-state index is 0.0778. The van der Waals surface area contributed by atoms with Crippen molar-refractivity contribution in [2.75, 3.05) is 44.3 Å². The van der Waals surface area contributed by atoms with Crippen LogP contribution in [0.2, 0.25) is 0 Å². The molecule has 9 heteroatoms. The number of amides is 1. The third kappa shape index (κ3) is 6.42. The van der Waals surface area contributed by atoms with Gasteiger partial charge < -0.3 is 16.0 Å². The summed E-state index contributed by atoms with van der Waals surface area (Å²) in [6.07, 6.45) is -2.97. The van der Waals surface area contributed by atoms with Crippen molar-refractivity contribution in [3.63, 3.8) is 0 Å². The molecule has 0 bridgehead atoms. The molecule has 1 aliphatic heterocycles. The Bertz CT molecular complexity index is 1300. The first-order valence-electron chi connectivity index (χ1n) is 11.4. The van der Waals surface area contributed by atoms with Gasteiger partial charge in [0.25, 0.3) is 5.91 Å². The normalized spacial score (nSPS) is 14.7. The van der Waals surface area contributed by atoms with Gasteiger partial charge in [0.05, 0.1) is 11.1 Å². The second-order valence-electron chi connectivity index (χ2n) is 8.67. The van der Waals surface area contributed by atoms with E-state index in [-0.39, 0.29) is 23.4 Å². The van der Waals surface area contributed by atoms with Crippen LogP contribution in [-0.4, -0.2) is 53.9 Å². The number of benzene rings is 2. The van der Waals surface area contributed by atoms with E-state index in [1.807, 2.05) is 11.9 Å². The number of nitrogens with zero attached hydrogens (tertiary/aromatic N) is 3. The Morgan fingerprint density at radius 1 is 1.06 bits per heavy atom. The maximum Gasteiger partial charge on any atom is 0.416 e. The van der Waals surface area contributed by atoms with Gasteiger partial charge in [-0.3, -0.25) is 9.69 Å². The standard InChI is InChI=1S/C27H26F3N5O/c1-34-12-14-35(15-13-34)18-22-9-10-23(17-24(22)27(28,29)30)33-26(36)21-5-2-4-19(16-21)7-8-20-6-3-11-32-25(20)31/h2-6,9-11,16-17H,12-15,18H2,1H3,(H2,31,32)(H,33,36). The number of likely N-dealkylation sites (N-methyl/N-ethyl adjacent to an activating group) is 1. The fourth-order valence-corrected chi connectivity index (χ4v) is 3.91. The van der Waals surface area contributed by atoms with E-state index >= 15 is 0 Å². The molecular weight excluding hydrogens is 467 g/mol. The number of carbonyl (C=O) groups is 1. The number of alkyl halides is 3. The third-order valence-corrected chi connectivity index (χ3v) is 5.97. The molecule has 1 aromatic heterocycles. The Labute approximate surface area is 207 Å². The summed E-state index contributed by atoms with van der Waals surface area (Å²) in [6.45, 7) is 3.25. The van der Waals surface area contributed by atoms with E-state index in [0.29, 0.717) is 30.0 Å². The van der Waals surface area contributed by atoms with Crippen molar-refractivity contribution in [3.8, 4) is 11.8 Å². The van der Waals surface area contributed by atoms with Gasteiger partial charge in [-0.1, -0.05) is 24.0 Å². The quantitative estimate of drug-likeness (QED) is 0.536. The first kappa shape index (κ1) is 25.2. The Balaban J connectivity index is 1.50. The SMILES string of the molecule is CN1CCN(Cc2ccc(NC(=O)c3cccc(C#Cc4cccnc4N)c3)cc2C(F)(F)F)CC1. The molecule has 0 saturated carbocycles. The van der Waals surface area contributed by atoms with Crippen molar-refractivity contribution in [3.05, 3.63) is 88.6 Å². The zero-order valence-corrected chi connectivity index (χ0v) is 19.8. The number of nitrogen functional groups attached to an aromatic ring is 1. The molecule has 0 spiro atoms. The molecule has 4 rings (SSSR count). The van der Waals surface area contributed by atoms with E-state index in [9.17, 15) is 18.0 Å². The lowest BCUT2D eigenvalue weighted by atomic mass is 10.0. The molecule has 0 aliphatic carbocycles. The van der Waals surface area contributed by atoms with Crippen molar-refractivity contribution in [1.82, 2.24) is 14.8 Å². The number of piperazine rings is 1. The minimum Gasteiger partial charge on any atom is -0.383 e. The van der Waals surface area contributed by atoms with Gasteiger partial charge >= 0.3 is 6.18 Å². The van der Waals surface area contributed by atoms with Gasteiger partial charge in [-0.25, -0.2) is 4.98 Å². The molecule has 1 fully saturated rings. The number of hydrogen-bond acceptors (Lipinski definition) is 5. The molecule has 1 saturated heterocycles. The molecule has 1 aliphatic rings. The lowest BCUT2D eigenvalue weighted by Gasteiger charge is -2.33. The van der Waals surface area contributed by atoms with Gasteiger partial charge in [-0.05, 0) is 55.1 Å². The van der Waals surface area contributed by atoms with Crippen LogP contribution in [0.25, 0.3) is 0 Å². The third-order valence-electron chi connectivity index (χ3n) is 5.97. The number of halogens is 3. The Morgan fingerprint density at radius 3 is 2.56 bits per heavy atom. The summed E-state index contributed by atoms with van der Waals surface area (Å²) >= 11 is 0. The largest absolute Gasteiger partial charge is 0.416 e. The van der Waals surface area contributed by atoms with Gasteiger partial charge in [0.15, 0.2) is 0 Å². The summed E-state index contributed by atoms with van der Waals surface area (Å²) in [4.78, 5) is 20.9. The highest BCUT2D eigenvalue weighted by molar-refractivity contribution is 6.04. The minimum atomic E-state index is -4.54. The number of carbonyl (C=O) groups excluding carboxylic acids is 1. The molecule has 1 amide bonds. The maximum absolute atomic E-state index is 13.8. The predicted molar refractivity (Wildman–Crippen MR) is 133 cm³/mol. The van der Waals surface area contributed by atoms with Crippen molar-refractivity contribution in [2.45, 2.75) is 12.7 Å². The second-order valence-corrected chi connectivity index (χ2v) is 8.67. The highest BCUT2D eigenvalue weighted by atomic mass is 19.4. The Kier molecular flexibility index (Phi) is 7.58. The molecule has 3 aromatic rings. The Hall–Kier alpha value is -3.87. The lowest BCUT2D eigenvalue weighted by Crippen LogP contribution is -2.44. The van der Waals surface area contributed by atoms with Gasteiger partial charge in [-0.2, -0.15) is 13.2 Å². The summed E-state index contributed by atoms with van der Waals surface area (Å²) in [5, 5.41) is 2.58. The van der Waals surface area contributed by atoms with E-state index < -0.39 is 17.6 Å². The summed E-state index contributed by atoms with van der Waals surface area (Å²) in [6, 6.07) is 13.9. The average Bonchev–Trinajstić information content (AvgIpc) is 2.85. The Morgan fingerprint density at radius 2 is 1.83 bits per heavy atom. The second kappa shape index (κ2) is 10.8. The summed E-state index contributed by atoms with van der Waals surface area (Å²) in [7, 11) is 1.99. The van der Waals surface area contributed by atoms with Crippen LogP contribution in [0.5, 0.6) is 0 Å². The van der Waals surface area contributed by atoms with Crippen LogP contribution in [0, 0.1) is 11.8 Å². The molecule has 2 aromatic carbocycles. The smallest absolute Gasteiger partial charge is 0.383 e. The maximum atomic E-state index is 13.8. The zero-order chi connectivity index (χ0) is 25.7. The van der Waals surface area contributed by atoms with Crippen LogP contribution in [0.4, 0.5) is 24.7 Å². The highest BCUT2D eigenvalue weighted by Gasteiger charge is 2.34. The molecule has 3 N–H and O–H groups in total. The summed E-state index contributed by atoms with van der Waals surface area (Å²) < 4.78 is 41.5. The van der Waals surface area contributed by atoms with E-state index in [1.54, 1.807) is 42.6 Å². The van der Waals surface area contributed by atoms with E-state index in [4.69, 9.17) is 5.73 Å². The van der Waals surface area contributed by atoms with Crippen molar-refractivity contribution in [1.29, 1.82) is 0 Å². The molecule has 0 atom stereocenters. The van der Waals surface area contributed by atoms with E-state index in [1.165, 1.54) is 12.1 Å². The number of nitrogens with two attached hydrogens (primary N) is 1. The lowest BCUT2D eigenvalue weighted by molar-refractivity contribution is -0.138. The van der Waals surface area contributed by atoms with Gasteiger partial charge in [0, 0.05) is 55.7 Å². The molecule has 186 valence electrons. The first-order valence-corrected chi connectivity index (χ1v) is 11.4. The van der Waals surface area contributed by atoms with Crippen LogP contribution >= 0.6 is 0 Å². The monoisotopic (exact) mass is 493 g/mol. The molecule has 0 radical (unpaired) electrons. The molecule has 6 nitrogen and oxygen atoms in total. The van der Waals surface area contributed by atoms with E-state index in [2.05, 4.69) is 27.0 Å². The fourth-order valence-electron chi connectivity index (χ4n) is 3.91. The van der Waals surface area contributed by atoms with Crippen LogP contribution in [0.15, 0.2) is 60.8 Å². The molecule has 2 heterocycles. The van der Waals surface area contributed by atoms with E-state index in [0.717, 1.165) is 19.2 Å².